The van der Waals surface area contributed by atoms with Crippen LogP contribution in [0.25, 0.3) is 11.3 Å². The number of aliphatic hydroxyl groups excluding tert-OH is 2. The first kappa shape index (κ1) is 41.5. The van der Waals surface area contributed by atoms with E-state index in [0.29, 0.717) is 31.7 Å². The maximum Gasteiger partial charge on any atom is 0.480 e. The fourth-order valence-corrected chi connectivity index (χ4v) is 6.87. The third-order valence-corrected chi connectivity index (χ3v) is 10.3. The molecule has 0 spiro atoms. The van der Waals surface area contributed by atoms with Crippen LogP contribution in [-0.2, 0) is 35.2 Å². The summed E-state index contributed by atoms with van der Waals surface area (Å²) in [4.78, 5) is 62.5. The van der Waals surface area contributed by atoms with E-state index >= 15 is 0 Å². The molecule has 1 aromatic carbocycles. The largest absolute Gasteiger partial charge is 0.777 e. The van der Waals surface area contributed by atoms with Crippen LogP contribution in [0.5, 0.6) is 0 Å². The Morgan fingerprint density at radius 1 is 1.08 bits per heavy atom. The van der Waals surface area contributed by atoms with E-state index in [1.165, 1.54) is 6.92 Å². The summed E-state index contributed by atoms with van der Waals surface area (Å²) in [7, 11) is -4.54. The first-order valence-corrected chi connectivity index (χ1v) is 18.8. The molecule has 7 N–H and O–H groups in total. The van der Waals surface area contributed by atoms with Gasteiger partial charge in [0.1, 0.15) is 19.2 Å². The minimum Gasteiger partial charge on any atom is -0.777 e. The first-order chi connectivity index (χ1) is 24.5. The number of ether oxygens (including phenoxy) is 1. The number of hydrogen-bond acceptors (Lipinski definition) is 12. The fraction of sp³-hybridized carbons (Fsp3) is 0.576. The molecule has 4 unspecified atom stereocenters. The van der Waals surface area contributed by atoms with Crippen molar-refractivity contribution in [2.75, 3.05) is 39.4 Å². The summed E-state index contributed by atoms with van der Waals surface area (Å²) >= 11 is 0. The topological polar surface area (TPSA) is 246 Å². The SMILES string of the molecule is CC(C)C[C@@H](NC(=O)[C@H](NC(=O)c1cccc(-c2ccccc2)[n+]1C)C(C)O)B1OCCN(CCNC(=O)CC(O)(C2O[C@@H]2O)P(=O)([O-])O)CCO1. The molecular weight excluding hydrogens is 700 g/mol. The third kappa shape index (κ3) is 10.9. The van der Waals surface area contributed by atoms with Gasteiger partial charge in [0.05, 0.1) is 18.5 Å². The first-order valence-electron chi connectivity index (χ1n) is 17.2. The van der Waals surface area contributed by atoms with Crippen LogP contribution in [0.15, 0.2) is 48.5 Å². The monoisotopic (exact) mass is 749 g/mol. The average Bonchev–Trinajstić information content (AvgIpc) is 3.80. The van der Waals surface area contributed by atoms with Gasteiger partial charge >= 0.3 is 13.0 Å². The lowest BCUT2D eigenvalue weighted by molar-refractivity contribution is -0.662. The number of aliphatic hydroxyl groups is 3. The highest BCUT2D eigenvalue weighted by Gasteiger charge is 2.59. The molecule has 0 saturated carbocycles. The number of rotatable bonds is 16. The van der Waals surface area contributed by atoms with Gasteiger partial charge in [0.25, 0.3) is 5.69 Å². The molecule has 0 bridgehead atoms. The highest BCUT2D eigenvalue weighted by Crippen LogP contribution is 2.54. The van der Waals surface area contributed by atoms with Crippen molar-refractivity contribution in [3.63, 3.8) is 0 Å². The van der Waals surface area contributed by atoms with E-state index < -0.39 is 74.7 Å². The number of benzene rings is 1. The lowest BCUT2D eigenvalue weighted by atomic mass is 9.73. The van der Waals surface area contributed by atoms with Gasteiger partial charge < -0.3 is 59.7 Å². The Morgan fingerprint density at radius 2 is 1.71 bits per heavy atom. The smallest absolute Gasteiger partial charge is 0.480 e. The Bertz CT molecular complexity index is 1570. The summed E-state index contributed by atoms with van der Waals surface area (Å²) in [6.45, 7) is 6.96. The van der Waals surface area contributed by atoms with E-state index in [1.54, 1.807) is 23.7 Å². The van der Waals surface area contributed by atoms with Crippen molar-refractivity contribution in [3.05, 3.63) is 54.2 Å². The molecule has 2 saturated heterocycles. The van der Waals surface area contributed by atoms with Gasteiger partial charge in [-0.3, -0.25) is 19.3 Å². The normalized spacial score (nSPS) is 22.2. The van der Waals surface area contributed by atoms with Crippen LogP contribution in [0.3, 0.4) is 0 Å². The summed E-state index contributed by atoms with van der Waals surface area (Å²) in [5.41, 5.74) is 1.99. The van der Waals surface area contributed by atoms with E-state index in [9.17, 15) is 44.1 Å². The number of hydrogen-bond donors (Lipinski definition) is 7. The van der Waals surface area contributed by atoms with Gasteiger partial charge in [-0.25, -0.2) is 0 Å². The van der Waals surface area contributed by atoms with E-state index in [-0.39, 0.29) is 25.7 Å². The Labute approximate surface area is 302 Å². The quantitative estimate of drug-likeness (QED) is 0.0427. The highest BCUT2D eigenvalue weighted by atomic mass is 31.2. The summed E-state index contributed by atoms with van der Waals surface area (Å²) in [5.74, 6) is -2.52. The minimum atomic E-state index is -5.46. The molecule has 4 rings (SSSR count). The van der Waals surface area contributed by atoms with Crippen molar-refractivity contribution < 1.29 is 62.7 Å². The van der Waals surface area contributed by atoms with Crippen LogP contribution in [-0.4, -0.2) is 125 Å². The van der Waals surface area contributed by atoms with Gasteiger partial charge in [-0.15, -0.1) is 0 Å². The van der Waals surface area contributed by atoms with E-state index in [1.807, 2.05) is 55.1 Å². The summed E-state index contributed by atoms with van der Waals surface area (Å²) in [6.07, 6.45) is -5.02. The molecular formula is C33H49BN5O12P. The molecule has 17 nitrogen and oxygen atoms in total. The lowest BCUT2D eigenvalue weighted by Crippen LogP contribution is -2.59. The number of carbonyl (C=O) groups excluding carboxylic acids is 3. The molecule has 0 aliphatic carbocycles. The zero-order valence-corrected chi connectivity index (χ0v) is 30.6. The fourth-order valence-electron chi connectivity index (χ4n) is 6.02. The van der Waals surface area contributed by atoms with E-state index in [0.717, 1.165) is 11.3 Å². The van der Waals surface area contributed by atoms with Crippen LogP contribution in [0, 0.1) is 5.92 Å². The molecule has 19 heteroatoms. The molecule has 3 amide bonds. The molecule has 2 aromatic rings. The second-order valence-electron chi connectivity index (χ2n) is 13.5. The number of epoxide rings is 1. The number of amides is 3. The number of nitrogens with one attached hydrogen (secondary N) is 3. The van der Waals surface area contributed by atoms with Crippen LogP contribution in [0.2, 0.25) is 0 Å². The average molecular weight is 750 g/mol. The molecule has 0 radical (unpaired) electrons. The van der Waals surface area contributed by atoms with Crippen molar-refractivity contribution in [1.82, 2.24) is 20.9 Å². The number of pyridine rings is 1. The molecule has 2 aliphatic heterocycles. The van der Waals surface area contributed by atoms with Gasteiger partial charge in [0.2, 0.25) is 17.5 Å². The second kappa shape index (κ2) is 18.2. The number of nitrogens with zero attached hydrogens (tertiary/aromatic N) is 2. The van der Waals surface area contributed by atoms with Crippen molar-refractivity contribution >= 4 is 32.4 Å². The van der Waals surface area contributed by atoms with Crippen LogP contribution in [0.4, 0.5) is 0 Å². The van der Waals surface area contributed by atoms with Crippen molar-refractivity contribution in [2.45, 2.75) is 69.4 Å². The molecule has 1 aromatic heterocycles. The van der Waals surface area contributed by atoms with Crippen molar-refractivity contribution in [1.29, 1.82) is 0 Å². The Hall–Kier alpha value is -3.29. The molecule has 7 atom stereocenters. The molecule has 2 aliphatic rings. The standard InChI is InChI=1S/C33H49BN5O12P/c1-21(2)19-26(36-31(43)28(22(3)40)37-30(42)25-12-8-11-24(38(25)4)23-9-6-5-7-10-23)34-49-17-15-39(16-18-50-34)14-13-35-27(41)20-33(45,52(46,47)48)29-32(44)51-29/h5-12,21-22,26,28-29,32,40,44-45H,13-20H2,1-4H3,(H4-,35,36,37,41,42,43,46,47,48)/t22?,26-,28-,29?,32+,33?/m1/s1. The number of carbonyl (C=O) groups is 3. The Morgan fingerprint density at radius 3 is 2.27 bits per heavy atom. The maximum absolute atomic E-state index is 13.6. The number of aromatic nitrogens is 1. The Balaban J connectivity index is 1.31. The van der Waals surface area contributed by atoms with Crippen molar-refractivity contribution in [2.24, 2.45) is 13.0 Å². The summed E-state index contributed by atoms with van der Waals surface area (Å²) < 4.78 is 30.1. The predicted octanol–water partition coefficient (Wildman–Crippen LogP) is -1.98. The van der Waals surface area contributed by atoms with Gasteiger partial charge in [-0.2, -0.15) is 4.57 Å². The molecule has 52 heavy (non-hydrogen) atoms. The van der Waals surface area contributed by atoms with E-state index in [4.69, 9.17) is 9.31 Å². The predicted molar refractivity (Wildman–Crippen MR) is 185 cm³/mol. The van der Waals surface area contributed by atoms with E-state index in [2.05, 4.69) is 20.7 Å². The highest BCUT2D eigenvalue weighted by molar-refractivity contribution is 7.52. The van der Waals surface area contributed by atoms with Crippen LogP contribution in [0.1, 0.15) is 44.1 Å². The molecule has 3 heterocycles. The summed E-state index contributed by atoms with van der Waals surface area (Å²) in [6, 6.07) is 13.5. The minimum absolute atomic E-state index is 0.0636. The van der Waals surface area contributed by atoms with Crippen molar-refractivity contribution in [3.8, 4) is 11.3 Å². The van der Waals surface area contributed by atoms with Crippen LogP contribution < -0.4 is 25.4 Å². The summed E-state index contributed by atoms with van der Waals surface area (Å²) in [5, 5.41) is 35.5. The molecule has 2 fully saturated rings. The second-order valence-corrected chi connectivity index (χ2v) is 15.3. The van der Waals surface area contributed by atoms with Gasteiger partial charge in [0, 0.05) is 57.1 Å². The maximum atomic E-state index is 13.6. The van der Waals surface area contributed by atoms with Gasteiger partial charge in [-0.1, -0.05) is 32.0 Å². The zero-order valence-electron chi connectivity index (χ0n) is 29.7. The van der Waals surface area contributed by atoms with Gasteiger partial charge in [0.15, 0.2) is 19.2 Å². The molecule has 286 valence electrons. The lowest BCUT2D eigenvalue weighted by Gasteiger charge is -2.34. The third-order valence-electron chi connectivity index (χ3n) is 8.93. The zero-order chi connectivity index (χ0) is 38.2. The Kier molecular flexibility index (Phi) is 14.5. The van der Waals surface area contributed by atoms with Gasteiger partial charge in [-0.05, 0) is 37.5 Å². The van der Waals surface area contributed by atoms with Crippen LogP contribution >= 0.6 is 7.60 Å².